The first-order valence-corrected chi connectivity index (χ1v) is 10.6. The van der Waals surface area contributed by atoms with Gasteiger partial charge in [-0.25, -0.2) is 4.98 Å². The number of para-hydroxylation sites is 1. The van der Waals surface area contributed by atoms with E-state index in [1.165, 1.54) is 35.6 Å². The second-order valence-electron chi connectivity index (χ2n) is 6.89. The molecule has 3 aromatic rings. The number of rotatable bonds is 7. The van der Waals surface area contributed by atoms with Crippen molar-refractivity contribution in [3.63, 3.8) is 0 Å². The number of carbonyl (C=O) groups excluding carboxylic acids is 1. The lowest BCUT2D eigenvalue weighted by Crippen LogP contribution is -2.37. The summed E-state index contributed by atoms with van der Waals surface area (Å²) in [5.41, 5.74) is 1.02. The fourth-order valence-electron chi connectivity index (χ4n) is 3.42. The quantitative estimate of drug-likeness (QED) is 0.409. The lowest BCUT2D eigenvalue weighted by atomic mass is 10.1. The number of thiazole rings is 1. The molecule has 1 aliphatic heterocycles. The third kappa shape index (κ3) is 4.12. The zero-order valence-corrected chi connectivity index (χ0v) is 17.3. The molecule has 0 saturated carbocycles. The van der Waals surface area contributed by atoms with E-state index in [9.17, 15) is 14.9 Å². The fourth-order valence-corrected chi connectivity index (χ4v) is 4.41. The highest BCUT2D eigenvalue weighted by atomic mass is 32.1. The molecule has 1 aliphatic rings. The maximum atomic E-state index is 13.3. The van der Waals surface area contributed by atoms with Crippen LogP contribution < -0.4 is 9.64 Å². The third-order valence-corrected chi connectivity index (χ3v) is 5.93. The molecule has 1 amide bonds. The van der Waals surface area contributed by atoms with Gasteiger partial charge >= 0.3 is 0 Å². The van der Waals surface area contributed by atoms with Crippen LogP contribution in [0.15, 0.2) is 42.5 Å². The minimum Gasteiger partial charge on any atom is -0.492 e. The summed E-state index contributed by atoms with van der Waals surface area (Å²) in [6.07, 6.45) is 1.77. The number of nitro groups is 1. The largest absolute Gasteiger partial charge is 0.492 e. The van der Waals surface area contributed by atoms with Crippen molar-refractivity contribution in [1.82, 2.24) is 4.98 Å². The number of anilines is 1. The molecule has 0 aliphatic carbocycles. The van der Waals surface area contributed by atoms with Crippen molar-refractivity contribution in [2.45, 2.75) is 25.9 Å². The van der Waals surface area contributed by atoms with Gasteiger partial charge < -0.3 is 9.47 Å². The first kappa shape index (κ1) is 20.2. The van der Waals surface area contributed by atoms with Crippen LogP contribution in [0.5, 0.6) is 5.75 Å². The number of benzene rings is 2. The van der Waals surface area contributed by atoms with Crippen LogP contribution in [0.3, 0.4) is 0 Å². The van der Waals surface area contributed by atoms with Gasteiger partial charge in [-0.15, -0.1) is 0 Å². The second-order valence-corrected chi connectivity index (χ2v) is 7.90. The van der Waals surface area contributed by atoms with Gasteiger partial charge in [-0.2, -0.15) is 0 Å². The number of ether oxygens (including phenoxy) is 2. The average Bonchev–Trinajstić information content (AvgIpc) is 3.42. The molecule has 0 bridgehead atoms. The molecule has 1 fully saturated rings. The second kappa shape index (κ2) is 8.76. The average molecular weight is 427 g/mol. The molecule has 1 aromatic heterocycles. The lowest BCUT2D eigenvalue weighted by molar-refractivity contribution is -0.384. The van der Waals surface area contributed by atoms with Gasteiger partial charge in [0.25, 0.3) is 11.6 Å². The van der Waals surface area contributed by atoms with Gasteiger partial charge in [0.1, 0.15) is 11.3 Å². The van der Waals surface area contributed by atoms with Crippen LogP contribution in [0.25, 0.3) is 10.2 Å². The Labute approximate surface area is 177 Å². The van der Waals surface area contributed by atoms with Crippen LogP contribution in [0.4, 0.5) is 10.8 Å². The number of non-ortho nitro benzene ring substituents is 1. The Morgan fingerprint density at radius 3 is 2.80 bits per heavy atom. The highest BCUT2D eigenvalue weighted by molar-refractivity contribution is 7.22. The topological polar surface area (TPSA) is 94.8 Å². The predicted molar refractivity (Wildman–Crippen MR) is 115 cm³/mol. The number of amides is 1. The molecule has 0 radical (unpaired) electrons. The summed E-state index contributed by atoms with van der Waals surface area (Å²) in [5.74, 6) is 0.412. The van der Waals surface area contributed by atoms with Crippen LogP contribution in [-0.4, -0.2) is 41.7 Å². The molecule has 2 aromatic carbocycles. The Morgan fingerprint density at radius 2 is 2.13 bits per heavy atom. The SMILES string of the molecule is CCOc1cccc2sc(N(CC3CCCO3)C(=O)c3ccc([N+](=O)[O-])cc3)nc12. The van der Waals surface area contributed by atoms with Crippen molar-refractivity contribution >= 4 is 38.3 Å². The van der Waals surface area contributed by atoms with E-state index >= 15 is 0 Å². The normalized spacial score (nSPS) is 16.0. The summed E-state index contributed by atoms with van der Waals surface area (Å²) in [6, 6.07) is 11.3. The van der Waals surface area contributed by atoms with E-state index in [2.05, 4.69) is 0 Å². The van der Waals surface area contributed by atoms with Crippen molar-refractivity contribution in [3.05, 3.63) is 58.1 Å². The van der Waals surface area contributed by atoms with Gasteiger partial charge in [-0.05, 0) is 44.0 Å². The van der Waals surface area contributed by atoms with Gasteiger partial charge in [0.2, 0.25) is 0 Å². The summed E-state index contributed by atoms with van der Waals surface area (Å²) in [7, 11) is 0. The van der Waals surface area contributed by atoms with Gasteiger partial charge in [0, 0.05) is 24.3 Å². The molecule has 2 heterocycles. The van der Waals surface area contributed by atoms with Crippen molar-refractivity contribution in [2.75, 3.05) is 24.7 Å². The number of hydrogen-bond donors (Lipinski definition) is 0. The van der Waals surface area contributed by atoms with Gasteiger partial charge in [-0.1, -0.05) is 17.4 Å². The summed E-state index contributed by atoms with van der Waals surface area (Å²) < 4.78 is 12.3. The Kier molecular flexibility index (Phi) is 5.91. The summed E-state index contributed by atoms with van der Waals surface area (Å²) >= 11 is 1.41. The molecule has 0 spiro atoms. The Balaban J connectivity index is 1.70. The van der Waals surface area contributed by atoms with Crippen LogP contribution in [0.1, 0.15) is 30.1 Å². The minimum atomic E-state index is -0.485. The van der Waals surface area contributed by atoms with E-state index in [4.69, 9.17) is 14.5 Å². The molecule has 1 unspecified atom stereocenters. The van der Waals surface area contributed by atoms with Crippen molar-refractivity contribution < 1.29 is 19.2 Å². The molecule has 1 atom stereocenters. The maximum Gasteiger partial charge on any atom is 0.269 e. The predicted octanol–water partition coefficient (Wildman–Crippen LogP) is 4.43. The van der Waals surface area contributed by atoms with Crippen molar-refractivity contribution in [2.24, 2.45) is 0 Å². The molecule has 8 nitrogen and oxygen atoms in total. The van der Waals surface area contributed by atoms with Crippen LogP contribution in [-0.2, 0) is 4.74 Å². The summed E-state index contributed by atoms with van der Waals surface area (Å²) in [4.78, 5) is 30.1. The first-order chi connectivity index (χ1) is 14.6. The molecule has 156 valence electrons. The summed E-state index contributed by atoms with van der Waals surface area (Å²) in [6.45, 7) is 3.49. The first-order valence-electron chi connectivity index (χ1n) is 9.77. The molecule has 30 heavy (non-hydrogen) atoms. The zero-order chi connectivity index (χ0) is 21.1. The molecule has 4 rings (SSSR count). The number of nitro benzene ring substituents is 1. The Morgan fingerprint density at radius 1 is 1.33 bits per heavy atom. The van der Waals surface area contributed by atoms with E-state index in [1.807, 2.05) is 25.1 Å². The number of carbonyl (C=O) groups is 1. The van der Waals surface area contributed by atoms with Crippen LogP contribution >= 0.6 is 11.3 Å². The molecule has 1 saturated heterocycles. The van der Waals surface area contributed by atoms with E-state index in [1.54, 1.807) is 4.90 Å². The van der Waals surface area contributed by atoms with Crippen LogP contribution in [0, 0.1) is 10.1 Å². The van der Waals surface area contributed by atoms with Gasteiger partial charge in [0.15, 0.2) is 5.13 Å². The molecule has 0 N–H and O–H groups in total. The van der Waals surface area contributed by atoms with Crippen LogP contribution in [0.2, 0.25) is 0 Å². The minimum absolute atomic E-state index is 0.0569. The van der Waals surface area contributed by atoms with E-state index in [-0.39, 0.29) is 17.7 Å². The zero-order valence-electron chi connectivity index (χ0n) is 16.4. The molecule has 9 heteroatoms. The number of fused-ring (bicyclic) bond motifs is 1. The number of nitrogens with zero attached hydrogens (tertiary/aromatic N) is 3. The van der Waals surface area contributed by atoms with Crippen molar-refractivity contribution in [1.29, 1.82) is 0 Å². The van der Waals surface area contributed by atoms with Crippen molar-refractivity contribution in [3.8, 4) is 5.75 Å². The number of hydrogen-bond acceptors (Lipinski definition) is 7. The smallest absolute Gasteiger partial charge is 0.269 e. The highest BCUT2D eigenvalue weighted by Crippen LogP contribution is 2.35. The Bertz CT molecular complexity index is 1060. The lowest BCUT2D eigenvalue weighted by Gasteiger charge is -2.23. The summed E-state index contributed by atoms with van der Waals surface area (Å²) in [5, 5.41) is 11.5. The number of aromatic nitrogens is 1. The fraction of sp³-hybridized carbons (Fsp3) is 0.333. The van der Waals surface area contributed by atoms with Gasteiger partial charge in [-0.3, -0.25) is 19.8 Å². The Hall–Kier alpha value is -3.04. The van der Waals surface area contributed by atoms with E-state index < -0.39 is 4.92 Å². The van der Waals surface area contributed by atoms with Gasteiger partial charge in [0.05, 0.1) is 28.9 Å². The van der Waals surface area contributed by atoms with E-state index in [0.717, 1.165) is 17.5 Å². The van der Waals surface area contributed by atoms with E-state index in [0.29, 0.717) is 41.7 Å². The highest BCUT2D eigenvalue weighted by Gasteiger charge is 2.27. The molecular weight excluding hydrogens is 406 g/mol. The molecular formula is C21H21N3O5S. The standard InChI is InChI=1S/C21H21N3O5S/c1-2-28-17-6-3-7-18-19(17)22-21(30-18)23(13-16-5-4-12-29-16)20(25)14-8-10-15(11-9-14)24(26)27/h3,6-11,16H,2,4-5,12-13H2,1H3. The third-order valence-electron chi connectivity index (χ3n) is 4.88. The maximum absolute atomic E-state index is 13.3. The monoisotopic (exact) mass is 427 g/mol.